The highest BCUT2D eigenvalue weighted by atomic mass is 32.1. The Balaban J connectivity index is 1.21. The maximum atomic E-state index is 11.1. The van der Waals surface area contributed by atoms with E-state index in [0.717, 1.165) is 73.1 Å². The minimum Gasteiger partial charge on any atom is -0.345 e. The quantitative estimate of drug-likeness (QED) is 0.305. The molecule has 0 bridgehead atoms. The van der Waals surface area contributed by atoms with Crippen molar-refractivity contribution in [3.8, 4) is 0 Å². The van der Waals surface area contributed by atoms with Gasteiger partial charge in [0.2, 0.25) is 17.8 Å². The van der Waals surface area contributed by atoms with Crippen LogP contribution in [0.5, 0.6) is 0 Å². The first-order valence-corrected chi connectivity index (χ1v) is 12.8. The lowest BCUT2D eigenvalue weighted by molar-refractivity contribution is -0.384. The van der Waals surface area contributed by atoms with Gasteiger partial charge in [-0.25, -0.2) is 4.98 Å². The normalized spacial score (nSPS) is 16.1. The zero-order valence-corrected chi connectivity index (χ0v) is 20.4. The molecule has 2 saturated heterocycles. The highest BCUT2D eigenvalue weighted by molar-refractivity contribution is 7.22. The number of nitrogens with zero attached hydrogens (tertiary/aromatic N) is 8. The molecular weight excluding hydrogens is 478 g/mol. The fourth-order valence-corrected chi connectivity index (χ4v) is 5.56. The molecule has 184 valence electrons. The summed E-state index contributed by atoms with van der Waals surface area (Å²) in [5.41, 5.74) is 1.81. The summed E-state index contributed by atoms with van der Waals surface area (Å²) in [5.74, 6) is 1.93. The van der Waals surface area contributed by atoms with Crippen LogP contribution in [0.15, 0.2) is 48.5 Å². The lowest BCUT2D eigenvalue weighted by Crippen LogP contribution is -2.47. The lowest BCUT2D eigenvalue weighted by Gasteiger charge is -2.34. The van der Waals surface area contributed by atoms with E-state index < -0.39 is 0 Å². The number of nitrogens with one attached hydrogen (secondary N) is 1. The molecule has 0 atom stereocenters. The molecule has 4 heterocycles. The number of thiazole rings is 1. The van der Waals surface area contributed by atoms with Gasteiger partial charge in [-0.1, -0.05) is 29.5 Å². The average molecular weight is 504 g/mol. The summed E-state index contributed by atoms with van der Waals surface area (Å²) >= 11 is 1.49. The van der Waals surface area contributed by atoms with E-state index in [0.29, 0.717) is 17.8 Å². The summed E-state index contributed by atoms with van der Waals surface area (Å²) in [6, 6.07) is 14.7. The summed E-state index contributed by atoms with van der Waals surface area (Å²) in [6.07, 6.45) is 2.29. The van der Waals surface area contributed by atoms with Crippen molar-refractivity contribution in [2.45, 2.75) is 12.8 Å². The molecule has 0 radical (unpaired) electrons. The summed E-state index contributed by atoms with van der Waals surface area (Å²) in [4.78, 5) is 36.4. The first-order valence-electron chi connectivity index (χ1n) is 12.0. The molecule has 2 fully saturated rings. The number of hydrogen-bond donors (Lipinski definition) is 1. The third-order valence-electron chi connectivity index (χ3n) is 6.44. The number of fused-ring (bicyclic) bond motifs is 1. The first kappa shape index (κ1) is 22.4. The fraction of sp³-hybridized carbons (Fsp3) is 0.333. The monoisotopic (exact) mass is 503 g/mol. The smallest absolute Gasteiger partial charge is 0.270 e. The van der Waals surface area contributed by atoms with E-state index in [1.165, 1.54) is 17.4 Å². The Morgan fingerprint density at radius 2 is 1.47 bits per heavy atom. The minimum absolute atomic E-state index is 0.0890. The molecule has 0 amide bonds. The van der Waals surface area contributed by atoms with Crippen LogP contribution in [0, 0.1) is 10.1 Å². The molecule has 2 aliphatic heterocycles. The Kier molecular flexibility index (Phi) is 5.93. The van der Waals surface area contributed by atoms with E-state index in [9.17, 15) is 10.1 Å². The van der Waals surface area contributed by atoms with E-state index in [-0.39, 0.29) is 10.6 Å². The third-order valence-corrected chi connectivity index (χ3v) is 7.51. The molecule has 4 aromatic rings. The zero-order chi connectivity index (χ0) is 24.5. The van der Waals surface area contributed by atoms with Gasteiger partial charge in [0.05, 0.1) is 15.1 Å². The van der Waals surface area contributed by atoms with Gasteiger partial charge < -0.3 is 20.0 Å². The van der Waals surface area contributed by atoms with Gasteiger partial charge in [0.25, 0.3) is 5.69 Å². The number of benzene rings is 2. The number of aromatic nitrogens is 4. The molecule has 0 aliphatic carbocycles. The van der Waals surface area contributed by atoms with Crippen molar-refractivity contribution in [2.24, 2.45) is 0 Å². The van der Waals surface area contributed by atoms with Crippen LogP contribution in [-0.2, 0) is 0 Å². The summed E-state index contributed by atoms with van der Waals surface area (Å²) < 4.78 is 0.825. The van der Waals surface area contributed by atoms with Gasteiger partial charge in [-0.3, -0.25) is 10.1 Å². The van der Waals surface area contributed by atoms with Crippen LogP contribution in [0.2, 0.25) is 0 Å². The van der Waals surface area contributed by atoms with Crippen molar-refractivity contribution in [1.29, 1.82) is 0 Å². The Hall–Kier alpha value is -4.06. The predicted octanol–water partition coefficient (Wildman–Crippen LogP) is 4.06. The fourth-order valence-electron chi connectivity index (χ4n) is 4.51. The van der Waals surface area contributed by atoms with Crippen molar-refractivity contribution >= 4 is 55.9 Å². The van der Waals surface area contributed by atoms with Crippen LogP contribution in [0.4, 0.5) is 34.4 Å². The van der Waals surface area contributed by atoms with Crippen molar-refractivity contribution < 1.29 is 4.92 Å². The topological polar surface area (TPSA) is 116 Å². The van der Waals surface area contributed by atoms with Crippen LogP contribution in [0.1, 0.15) is 12.8 Å². The number of para-hydroxylation sites is 1. The minimum atomic E-state index is -0.371. The second-order valence-corrected chi connectivity index (χ2v) is 9.83. The van der Waals surface area contributed by atoms with Crippen LogP contribution >= 0.6 is 11.3 Å². The van der Waals surface area contributed by atoms with Gasteiger partial charge >= 0.3 is 0 Å². The Bertz CT molecular complexity index is 1380. The van der Waals surface area contributed by atoms with Crippen molar-refractivity contribution in [2.75, 3.05) is 59.3 Å². The van der Waals surface area contributed by atoms with Crippen molar-refractivity contribution in [1.82, 2.24) is 19.9 Å². The standard InChI is InChI=1S/C24H25N9O2S/c34-33(35)18-8-9-19-20(16-18)36-24(26-19)32-14-12-31(13-15-32)23-28-21(25-17-6-2-1-3-7-17)27-22(29-23)30-10-4-5-11-30/h1-3,6-9,16H,4-5,10-15H2,(H,25,27,28,29). The highest BCUT2D eigenvalue weighted by Gasteiger charge is 2.25. The van der Waals surface area contributed by atoms with Crippen molar-refractivity contribution in [3.05, 3.63) is 58.6 Å². The van der Waals surface area contributed by atoms with Crippen LogP contribution in [0.25, 0.3) is 10.2 Å². The zero-order valence-electron chi connectivity index (χ0n) is 19.6. The number of hydrogen-bond acceptors (Lipinski definition) is 11. The van der Waals surface area contributed by atoms with E-state index in [4.69, 9.17) is 19.9 Å². The molecule has 11 nitrogen and oxygen atoms in total. The Morgan fingerprint density at radius 3 is 2.17 bits per heavy atom. The molecule has 0 unspecified atom stereocenters. The van der Waals surface area contributed by atoms with E-state index in [2.05, 4.69) is 20.0 Å². The van der Waals surface area contributed by atoms with E-state index >= 15 is 0 Å². The molecule has 36 heavy (non-hydrogen) atoms. The number of non-ortho nitro benzene ring substituents is 1. The summed E-state index contributed by atoms with van der Waals surface area (Å²) in [6.45, 7) is 4.91. The number of nitro benzene ring substituents is 1. The molecule has 2 aromatic carbocycles. The molecule has 12 heteroatoms. The molecule has 6 rings (SSSR count). The number of anilines is 5. The van der Waals surface area contributed by atoms with Gasteiger partial charge in [-0.2, -0.15) is 15.0 Å². The molecule has 0 saturated carbocycles. The maximum Gasteiger partial charge on any atom is 0.270 e. The molecular formula is C24H25N9O2S. The molecule has 0 spiro atoms. The van der Waals surface area contributed by atoms with Crippen LogP contribution < -0.4 is 20.0 Å². The predicted molar refractivity (Wildman–Crippen MR) is 142 cm³/mol. The SMILES string of the molecule is O=[N+]([O-])c1ccc2nc(N3CCN(c4nc(Nc5ccccc5)nc(N5CCCC5)n4)CC3)sc2c1. The summed E-state index contributed by atoms with van der Waals surface area (Å²) in [5, 5.41) is 15.3. The lowest BCUT2D eigenvalue weighted by atomic mass is 10.3. The molecule has 1 N–H and O–H groups in total. The second-order valence-electron chi connectivity index (χ2n) is 8.82. The number of piperazine rings is 1. The first-order chi connectivity index (χ1) is 17.6. The number of nitro groups is 1. The highest BCUT2D eigenvalue weighted by Crippen LogP contribution is 2.32. The van der Waals surface area contributed by atoms with Gasteiger partial charge in [-0.15, -0.1) is 0 Å². The Labute approximate surface area is 211 Å². The molecule has 2 aliphatic rings. The van der Waals surface area contributed by atoms with Crippen molar-refractivity contribution in [3.63, 3.8) is 0 Å². The third kappa shape index (κ3) is 4.59. The average Bonchev–Trinajstić information content (AvgIpc) is 3.59. The maximum absolute atomic E-state index is 11.1. The van der Waals surface area contributed by atoms with E-state index in [1.54, 1.807) is 12.1 Å². The van der Waals surface area contributed by atoms with E-state index in [1.807, 2.05) is 30.3 Å². The Morgan fingerprint density at radius 1 is 0.806 bits per heavy atom. The van der Waals surface area contributed by atoms with Gasteiger partial charge in [0.1, 0.15) is 0 Å². The van der Waals surface area contributed by atoms with Gasteiger partial charge in [0.15, 0.2) is 5.13 Å². The van der Waals surface area contributed by atoms with Gasteiger partial charge in [-0.05, 0) is 31.0 Å². The summed E-state index contributed by atoms with van der Waals surface area (Å²) in [7, 11) is 0. The molecule has 2 aromatic heterocycles. The number of rotatable bonds is 6. The largest absolute Gasteiger partial charge is 0.345 e. The van der Waals surface area contributed by atoms with Crippen LogP contribution in [0.3, 0.4) is 0 Å². The van der Waals surface area contributed by atoms with Gasteiger partial charge in [0, 0.05) is 57.1 Å². The second kappa shape index (κ2) is 9.53. The van der Waals surface area contributed by atoms with Crippen LogP contribution in [-0.4, -0.2) is 64.1 Å².